The first-order chi connectivity index (χ1) is 11.3. The van der Waals surface area contributed by atoms with Crippen molar-refractivity contribution in [1.82, 2.24) is 10.2 Å². The summed E-state index contributed by atoms with van der Waals surface area (Å²) in [4.78, 5) is 23.8. The van der Waals surface area contributed by atoms with Crippen LogP contribution in [0.5, 0.6) is 0 Å². The number of hydrogen-bond donors (Lipinski definition) is 2. The normalized spacial score (nSPS) is 19.0. The van der Waals surface area contributed by atoms with Gasteiger partial charge in [-0.05, 0) is 36.9 Å². The van der Waals surface area contributed by atoms with Crippen molar-refractivity contribution in [3.63, 3.8) is 0 Å². The molecule has 0 unspecified atom stereocenters. The lowest BCUT2D eigenvalue weighted by Crippen LogP contribution is -2.43. The van der Waals surface area contributed by atoms with Crippen molar-refractivity contribution in [2.24, 2.45) is 11.7 Å². The molecule has 2 amide bonds. The second-order valence-electron chi connectivity index (χ2n) is 5.97. The molecule has 8 heteroatoms. The van der Waals surface area contributed by atoms with E-state index in [1.165, 1.54) is 12.1 Å². The third-order valence-electron chi connectivity index (χ3n) is 4.09. The van der Waals surface area contributed by atoms with Gasteiger partial charge in [0.1, 0.15) is 0 Å². The molecule has 132 valence electrons. The van der Waals surface area contributed by atoms with E-state index < -0.39 is 23.6 Å². The van der Waals surface area contributed by atoms with Crippen LogP contribution in [-0.4, -0.2) is 36.3 Å². The average molecular weight is 343 g/mol. The quantitative estimate of drug-likeness (QED) is 0.814. The number of benzene rings is 1. The van der Waals surface area contributed by atoms with Gasteiger partial charge in [-0.2, -0.15) is 13.2 Å². The number of nitrogens with one attached hydrogen (secondary N) is 1. The molecule has 1 aromatic carbocycles. The Morgan fingerprint density at radius 2 is 2.00 bits per heavy atom. The molecule has 1 atom stereocenters. The van der Waals surface area contributed by atoms with E-state index in [0.29, 0.717) is 19.6 Å². The number of nitrogens with zero attached hydrogens (tertiary/aromatic N) is 1. The molecule has 5 nitrogen and oxygen atoms in total. The molecule has 2 rings (SSSR count). The SMILES string of the molecule is NC(=O)C(=O)NC[C@H]1CCCN(Cc2ccccc2C(F)(F)F)C1. The van der Waals surface area contributed by atoms with Gasteiger partial charge in [-0.15, -0.1) is 0 Å². The number of piperidine rings is 1. The van der Waals surface area contributed by atoms with E-state index in [0.717, 1.165) is 18.9 Å². The summed E-state index contributed by atoms with van der Waals surface area (Å²) in [5.41, 5.74) is 4.50. The number of halogens is 3. The molecule has 0 aromatic heterocycles. The maximum absolute atomic E-state index is 13.1. The standard InChI is InChI=1S/C16H20F3N3O2/c17-16(18,19)13-6-2-1-5-12(13)10-22-7-3-4-11(9-22)8-21-15(24)14(20)23/h1-2,5-6,11H,3-4,7-10H2,(H2,20,23)(H,21,24)/t11-/m1/s1. The van der Waals surface area contributed by atoms with Crippen molar-refractivity contribution in [3.05, 3.63) is 35.4 Å². The van der Waals surface area contributed by atoms with Crippen LogP contribution >= 0.6 is 0 Å². The largest absolute Gasteiger partial charge is 0.416 e. The minimum Gasteiger partial charge on any atom is -0.361 e. The van der Waals surface area contributed by atoms with E-state index >= 15 is 0 Å². The molecular formula is C16H20F3N3O2. The minimum absolute atomic E-state index is 0.0834. The van der Waals surface area contributed by atoms with Gasteiger partial charge in [0, 0.05) is 19.6 Å². The maximum Gasteiger partial charge on any atom is 0.416 e. The fraction of sp³-hybridized carbons (Fsp3) is 0.500. The van der Waals surface area contributed by atoms with Crippen LogP contribution < -0.4 is 11.1 Å². The number of carbonyl (C=O) groups excluding carboxylic acids is 2. The third-order valence-corrected chi connectivity index (χ3v) is 4.09. The fourth-order valence-electron chi connectivity index (χ4n) is 2.96. The molecule has 0 spiro atoms. The monoisotopic (exact) mass is 343 g/mol. The van der Waals surface area contributed by atoms with E-state index in [2.05, 4.69) is 5.32 Å². The van der Waals surface area contributed by atoms with Gasteiger partial charge in [-0.3, -0.25) is 14.5 Å². The van der Waals surface area contributed by atoms with Gasteiger partial charge in [-0.1, -0.05) is 18.2 Å². The van der Waals surface area contributed by atoms with Crippen LogP contribution in [-0.2, 0) is 22.3 Å². The van der Waals surface area contributed by atoms with Gasteiger partial charge in [0.05, 0.1) is 5.56 Å². The van der Waals surface area contributed by atoms with Crippen LogP contribution in [0.2, 0.25) is 0 Å². The molecule has 1 heterocycles. The summed E-state index contributed by atoms with van der Waals surface area (Å²) in [6, 6.07) is 5.55. The van der Waals surface area contributed by atoms with Crippen LogP contribution in [0.25, 0.3) is 0 Å². The van der Waals surface area contributed by atoms with Crippen molar-refractivity contribution < 1.29 is 22.8 Å². The molecule has 3 N–H and O–H groups in total. The van der Waals surface area contributed by atoms with Crippen LogP contribution in [0.3, 0.4) is 0 Å². The van der Waals surface area contributed by atoms with Crippen molar-refractivity contribution in [2.45, 2.75) is 25.6 Å². The molecule has 0 bridgehead atoms. The predicted octanol–water partition coefficient (Wildman–Crippen LogP) is 1.52. The van der Waals surface area contributed by atoms with E-state index in [1.54, 1.807) is 6.07 Å². The van der Waals surface area contributed by atoms with Crippen molar-refractivity contribution in [1.29, 1.82) is 0 Å². The number of carbonyl (C=O) groups is 2. The summed E-state index contributed by atoms with van der Waals surface area (Å²) < 4.78 is 39.2. The highest BCUT2D eigenvalue weighted by Crippen LogP contribution is 2.32. The second-order valence-corrected chi connectivity index (χ2v) is 5.97. The molecule has 1 fully saturated rings. The van der Waals surface area contributed by atoms with Gasteiger partial charge in [0.25, 0.3) is 0 Å². The number of nitrogens with two attached hydrogens (primary N) is 1. The molecule has 24 heavy (non-hydrogen) atoms. The number of hydrogen-bond acceptors (Lipinski definition) is 3. The van der Waals surface area contributed by atoms with Crippen LogP contribution in [0.1, 0.15) is 24.0 Å². The Hall–Kier alpha value is -2.09. The lowest BCUT2D eigenvalue weighted by Gasteiger charge is -2.33. The molecular weight excluding hydrogens is 323 g/mol. The highest BCUT2D eigenvalue weighted by Gasteiger charge is 2.33. The van der Waals surface area contributed by atoms with E-state index in [-0.39, 0.29) is 18.0 Å². The number of primary amides is 1. The Labute approximate surface area is 138 Å². The zero-order chi connectivity index (χ0) is 17.7. The Morgan fingerprint density at radius 1 is 1.29 bits per heavy atom. The van der Waals surface area contributed by atoms with Crippen molar-refractivity contribution in [3.8, 4) is 0 Å². The molecule has 1 aromatic rings. The van der Waals surface area contributed by atoms with Crippen LogP contribution in [0.15, 0.2) is 24.3 Å². The lowest BCUT2D eigenvalue weighted by atomic mass is 9.96. The summed E-state index contributed by atoms with van der Waals surface area (Å²) in [7, 11) is 0. The summed E-state index contributed by atoms with van der Waals surface area (Å²) in [5, 5.41) is 2.45. The van der Waals surface area contributed by atoms with E-state index in [4.69, 9.17) is 5.73 Å². The molecule has 1 aliphatic heterocycles. The molecule has 0 aliphatic carbocycles. The Bertz CT molecular complexity index is 604. The topological polar surface area (TPSA) is 75.4 Å². The zero-order valence-corrected chi connectivity index (χ0v) is 13.1. The first-order valence-electron chi connectivity index (χ1n) is 7.72. The highest BCUT2D eigenvalue weighted by atomic mass is 19.4. The summed E-state index contributed by atoms with van der Waals surface area (Å²) >= 11 is 0. The Morgan fingerprint density at radius 3 is 2.67 bits per heavy atom. The summed E-state index contributed by atoms with van der Waals surface area (Å²) in [5.74, 6) is -1.79. The summed E-state index contributed by atoms with van der Waals surface area (Å²) in [6.07, 6.45) is -2.71. The van der Waals surface area contributed by atoms with Crippen molar-refractivity contribution in [2.75, 3.05) is 19.6 Å². The smallest absolute Gasteiger partial charge is 0.361 e. The fourth-order valence-corrected chi connectivity index (χ4v) is 2.96. The van der Waals surface area contributed by atoms with E-state index in [9.17, 15) is 22.8 Å². The molecule has 0 radical (unpaired) electrons. The number of likely N-dealkylation sites (tertiary alicyclic amines) is 1. The van der Waals surface area contributed by atoms with Crippen LogP contribution in [0, 0.1) is 5.92 Å². The van der Waals surface area contributed by atoms with Crippen molar-refractivity contribution >= 4 is 11.8 Å². The summed E-state index contributed by atoms with van der Waals surface area (Å²) in [6.45, 7) is 1.76. The van der Waals surface area contributed by atoms with Gasteiger partial charge in [-0.25, -0.2) is 0 Å². The lowest BCUT2D eigenvalue weighted by molar-refractivity contribution is -0.138. The van der Waals surface area contributed by atoms with Gasteiger partial charge < -0.3 is 11.1 Å². The third kappa shape index (κ3) is 4.95. The number of alkyl halides is 3. The average Bonchev–Trinajstić information content (AvgIpc) is 2.52. The van der Waals surface area contributed by atoms with Crippen LogP contribution in [0.4, 0.5) is 13.2 Å². The number of rotatable bonds is 4. The highest BCUT2D eigenvalue weighted by molar-refractivity contribution is 6.34. The Balaban J connectivity index is 1.96. The zero-order valence-electron chi connectivity index (χ0n) is 13.1. The predicted molar refractivity (Wildman–Crippen MR) is 81.6 cm³/mol. The first-order valence-corrected chi connectivity index (χ1v) is 7.72. The van der Waals surface area contributed by atoms with Gasteiger partial charge in [0.2, 0.25) is 0 Å². The van der Waals surface area contributed by atoms with Gasteiger partial charge in [0.15, 0.2) is 0 Å². The number of amides is 2. The second kappa shape index (κ2) is 7.65. The molecule has 1 aliphatic rings. The molecule has 0 saturated carbocycles. The van der Waals surface area contributed by atoms with E-state index in [1.807, 2.05) is 4.90 Å². The first kappa shape index (κ1) is 18.3. The molecule has 1 saturated heterocycles. The van der Waals surface area contributed by atoms with Gasteiger partial charge >= 0.3 is 18.0 Å². The maximum atomic E-state index is 13.1. The Kier molecular flexibility index (Phi) is 5.82. The minimum atomic E-state index is -4.37.